The quantitative estimate of drug-likeness (QED) is 0.680. The number of pyridine rings is 2. The molecule has 4 nitrogen and oxygen atoms in total. The Balaban J connectivity index is 2.10. The molecule has 2 heterocycles. The minimum absolute atomic E-state index is 0.148. The van der Waals surface area contributed by atoms with Crippen molar-refractivity contribution in [3.05, 3.63) is 72.1 Å². The van der Waals surface area contributed by atoms with Gasteiger partial charge in [0.15, 0.2) is 0 Å². The molecular formula is C18H14FN2O2S-. The summed E-state index contributed by atoms with van der Waals surface area (Å²) in [5, 5.41) is 0. The van der Waals surface area contributed by atoms with E-state index in [0.29, 0.717) is 5.56 Å². The topological polar surface area (TPSA) is 65.9 Å². The van der Waals surface area contributed by atoms with Gasteiger partial charge in [0.1, 0.15) is 5.82 Å². The molecule has 1 aromatic carbocycles. The van der Waals surface area contributed by atoms with Gasteiger partial charge in [-0.15, -0.1) is 0 Å². The summed E-state index contributed by atoms with van der Waals surface area (Å²) in [5.74, 6) is -0.886. The zero-order valence-corrected chi connectivity index (χ0v) is 13.7. The smallest absolute Gasteiger partial charge is 0.127 e. The van der Waals surface area contributed by atoms with Crippen molar-refractivity contribution in [3.8, 4) is 22.3 Å². The highest BCUT2D eigenvalue weighted by molar-refractivity contribution is 7.78. The maximum Gasteiger partial charge on any atom is 0.127 e. The normalized spacial score (nSPS) is 12.1. The summed E-state index contributed by atoms with van der Waals surface area (Å²) < 4.78 is 35.7. The molecule has 0 fully saturated rings. The number of rotatable bonds is 4. The Morgan fingerprint density at radius 3 is 2.67 bits per heavy atom. The van der Waals surface area contributed by atoms with E-state index in [9.17, 15) is 13.2 Å². The van der Waals surface area contributed by atoms with Crippen LogP contribution in [0.15, 0.2) is 55.0 Å². The van der Waals surface area contributed by atoms with E-state index in [0.717, 1.165) is 22.4 Å². The van der Waals surface area contributed by atoms with Crippen molar-refractivity contribution in [2.24, 2.45) is 0 Å². The van der Waals surface area contributed by atoms with E-state index in [-0.39, 0.29) is 11.3 Å². The lowest BCUT2D eigenvalue weighted by Gasteiger charge is -2.13. The molecule has 1 unspecified atom stereocenters. The summed E-state index contributed by atoms with van der Waals surface area (Å²) >= 11 is -2.33. The van der Waals surface area contributed by atoms with Crippen molar-refractivity contribution in [3.63, 3.8) is 0 Å². The van der Waals surface area contributed by atoms with E-state index < -0.39 is 16.9 Å². The van der Waals surface area contributed by atoms with E-state index in [1.807, 2.05) is 25.1 Å². The van der Waals surface area contributed by atoms with Gasteiger partial charge in [0, 0.05) is 41.2 Å². The standard InChI is InChI=1S/C18H15FN2O2S/c1-12-15(3-2-7-21-12)16-6-8-20-10-17(16)13-4-5-14(11-24(22)23)18(19)9-13/h2-10H,11H2,1H3,(H,22,23)/p-1. The van der Waals surface area contributed by atoms with Gasteiger partial charge in [0.2, 0.25) is 0 Å². The average molecular weight is 341 g/mol. The van der Waals surface area contributed by atoms with Crippen LogP contribution in [-0.4, -0.2) is 18.7 Å². The van der Waals surface area contributed by atoms with Gasteiger partial charge < -0.3 is 4.55 Å². The fourth-order valence-electron chi connectivity index (χ4n) is 2.59. The van der Waals surface area contributed by atoms with E-state index >= 15 is 0 Å². The SMILES string of the molecule is Cc1ncccc1-c1ccncc1-c1ccc(CS(=O)[O-])c(F)c1. The number of hydrogen-bond acceptors (Lipinski definition) is 4. The lowest BCUT2D eigenvalue weighted by Crippen LogP contribution is -1.98. The third-order valence-corrected chi connectivity index (χ3v) is 4.30. The summed E-state index contributed by atoms with van der Waals surface area (Å²) in [6.45, 7) is 1.91. The highest BCUT2D eigenvalue weighted by atomic mass is 32.2. The van der Waals surface area contributed by atoms with Gasteiger partial charge in [0.05, 0.1) is 0 Å². The Hall–Kier alpha value is -2.44. The van der Waals surface area contributed by atoms with Crippen LogP contribution in [0.2, 0.25) is 0 Å². The molecule has 2 aromatic heterocycles. The molecule has 0 saturated carbocycles. The minimum atomic E-state index is -2.33. The first kappa shape index (κ1) is 16.4. The molecular weight excluding hydrogens is 327 g/mol. The molecule has 0 amide bonds. The number of benzene rings is 1. The van der Waals surface area contributed by atoms with Crippen molar-refractivity contribution < 1.29 is 13.2 Å². The molecule has 122 valence electrons. The van der Waals surface area contributed by atoms with Crippen LogP contribution in [0.1, 0.15) is 11.3 Å². The van der Waals surface area contributed by atoms with Crippen LogP contribution in [0.25, 0.3) is 22.3 Å². The number of aryl methyl sites for hydroxylation is 1. The van der Waals surface area contributed by atoms with E-state index in [1.54, 1.807) is 24.7 Å². The molecule has 0 bridgehead atoms. The van der Waals surface area contributed by atoms with E-state index in [4.69, 9.17) is 0 Å². The maximum absolute atomic E-state index is 14.2. The number of halogens is 1. The monoisotopic (exact) mass is 341 g/mol. The zero-order valence-electron chi connectivity index (χ0n) is 12.9. The molecule has 6 heteroatoms. The van der Waals surface area contributed by atoms with Crippen LogP contribution in [0.3, 0.4) is 0 Å². The summed E-state index contributed by atoms with van der Waals surface area (Å²) in [6, 6.07) is 10.2. The molecule has 0 N–H and O–H groups in total. The molecule has 24 heavy (non-hydrogen) atoms. The second-order valence-corrected chi connectivity index (χ2v) is 6.21. The first-order valence-electron chi connectivity index (χ1n) is 7.27. The van der Waals surface area contributed by atoms with Gasteiger partial charge in [-0.25, -0.2) is 4.39 Å². The molecule has 3 aromatic rings. The fraction of sp³-hybridized carbons (Fsp3) is 0.111. The van der Waals surface area contributed by atoms with Crippen molar-refractivity contribution in [2.45, 2.75) is 12.7 Å². The Morgan fingerprint density at radius 1 is 1.12 bits per heavy atom. The van der Waals surface area contributed by atoms with Crippen LogP contribution < -0.4 is 0 Å². The van der Waals surface area contributed by atoms with Gasteiger partial charge in [-0.05, 0) is 41.8 Å². The predicted molar refractivity (Wildman–Crippen MR) is 90.2 cm³/mol. The van der Waals surface area contributed by atoms with Gasteiger partial charge in [-0.1, -0.05) is 29.3 Å². The van der Waals surface area contributed by atoms with Crippen LogP contribution in [0, 0.1) is 12.7 Å². The molecule has 3 rings (SSSR count). The van der Waals surface area contributed by atoms with Crippen molar-refractivity contribution in [1.29, 1.82) is 0 Å². The molecule has 0 saturated heterocycles. The summed E-state index contributed by atoms with van der Waals surface area (Å²) in [6.07, 6.45) is 5.07. The van der Waals surface area contributed by atoms with E-state index in [1.165, 1.54) is 12.1 Å². The Morgan fingerprint density at radius 2 is 1.96 bits per heavy atom. The van der Waals surface area contributed by atoms with Gasteiger partial charge in [-0.2, -0.15) is 0 Å². The summed E-state index contributed by atoms with van der Waals surface area (Å²) in [4.78, 5) is 8.43. The second-order valence-electron chi connectivity index (χ2n) is 5.31. The number of nitrogens with zero attached hydrogens (tertiary/aromatic N) is 2. The van der Waals surface area contributed by atoms with E-state index in [2.05, 4.69) is 9.97 Å². The predicted octanol–water partition coefficient (Wildman–Crippen LogP) is 3.64. The largest absolute Gasteiger partial charge is 0.772 e. The van der Waals surface area contributed by atoms with Crippen molar-refractivity contribution in [2.75, 3.05) is 0 Å². The lowest BCUT2D eigenvalue weighted by atomic mass is 9.95. The molecule has 0 aliphatic heterocycles. The van der Waals surface area contributed by atoms with Crippen LogP contribution in [0.4, 0.5) is 4.39 Å². The van der Waals surface area contributed by atoms with Gasteiger partial charge in [0.25, 0.3) is 0 Å². The maximum atomic E-state index is 14.2. The Kier molecular flexibility index (Phi) is 4.78. The third kappa shape index (κ3) is 3.39. The molecule has 0 aliphatic rings. The van der Waals surface area contributed by atoms with Crippen LogP contribution in [-0.2, 0) is 16.8 Å². The van der Waals surface area contributed by atoms with Gasteiger partial charge >= 0.3 is 0 Å². The van der Waals surface area contributed by atoms with Crippen LogP contribution in [0.5, 0.6) is 0 Å². The highest BCUT2D eigenvalue weighted by Crippen LogP contribution is 2.33. The Labute approximate surface area is 141 Å². The average Bonchev–Trinajstić information content (AvgIpc) is 2.57. The highest BCUT2D eigenvalue weighted by Gasteiger charge is 2.12. The van der Waals surface area contributed by atoms with Gasteiger partial charge in [-0.3, -0.25) is 14.2 Å². The Bertz CT molecular complexity index is 915. The third-order valence-electron chi connectivity index (χ3n) is 3.76. The number of aromatic nitrogens is 2. The fourth-order valence-corrected chi connectivity index (χ4v) is 3.08. The van der Waals surface area contributed by atoms with Crippen molar-refractivity contribution >= 4 is 11.1 Å². The number of hydrogen-bond donors (Lipinski definition) is 0. The summed E-state index contributed by atoms with van der Waals surface area (Å²) in [7, 11) is 0. The first-order valence-corrected chi connectivity index (χ1v) is 8.51. The first-order chi connectivity index (χ1) is 11.6. The molecule has 0 aliphatic carbocycles. The lowest BCUT2D eigenvalue weighted by molar-refractivity contribution is 0.533. The van der Waals surface area contributed by atoms with Crippen LogP contribution >= 0.6 is 0 Å². The molecule has 0 radical (unpaired) electrons. The molecule has 0 spiro atoms. The second kappa shape index (κ2) is 6.98. The zero-order chi connectivity index (χ0) is 17.1. The molecule has 1 atom stereocenters. The summed E-state index contributed by atoms with van der Waals surface area (Å²) in [5.41, 5.74) is 4.26. The van der Waals surface area contributed by atoms with Crippen molar-refractivity contribution in [1.82, 2.24) is 9.97 Å². The minimum Gasteiger partial charge on any atom is -0.772 e.